The monoisotopic (exact) mass is 323 g/mol. The zero-order valence-corrected chi connectivity index (χ0v) is 13.4. The van der Waals surface area contributed by atoms with Crippen molar-refractivity contribution in [1.82, 2.24) is 4.90 Å². The largest absolute Gasteiger partial charge is 0.481 e. The molecule has 0 bridgehead atoms. The fourth-order valence-corrected chi connectivity index (χ4v) is 6.14. The van der Waals surface area contributed by atoms with Crippen LogP contribution < -0.4 is 0 Å². The van der Waals surface area contributed by atoms with Gasteiger partial charge in [-0.3, -0.25) is 9.69 Å². The molecule has 3 unspecified atom stereocenters. The summed E-state index contributed by atoms with van der Waals surface area (Å²) in [6, 6.07) is 9.88. The summed E-state index contributed by atoms with van der Waals surface area (Å²) < 4.78 is 24.3. The Labute approximate surface area is 130 Å². The molecule has 6 heteroatoms. The summed E-state index contributed by atoms with van der Waals surface area (Å²) in [5.41, 5.74) is 0.483. The Bertz CT molecular complexity index is 673. The molecule has 3 atom stereocenters. The standard InChI is InChI=1S/C16H21NO4S/c1-12-16(7-8-22(12,20)21)11-17(10-14(16)15(18)19)9-13-5-3-2-4-6-13/h2-6,12,14H,7-11H2,1H3,(H,18,19). The van der Waals surface area contributed by atoms with Gasteiger partial charge in [-0.2, -0.15) is 0 Å². The lowest BCUT2D eigenvalue weighted by Gasteiger charge is -2.31. The van der Waals surface area contributed by atoms with Gasteiger partial charge >= 0.3 is 5.97 Å². The molecule has 22 heavy (non-hydrogen) atoms. The molecule has 0 aliphatic carbocycles. The van der Waals surface area contributed by atoms with Crippen molar-refractivity contribution in [2.75, 3.05) is 18.8 Å². The van der Waals surface area contributed by atoms with Crippen molar-refractivity contribution in [2.45, 2.75) is 25.1 Å². The summed E-state index contributed by atoms with van der Waals surface area (Å²) in [7, 11) is -3.17. The summed E-state index contributed by atoms with van der Waals surface area (Å²) in [4.78, 5) is 13.8. The highest BCUT2D eigenvalue weighted by Gasteiger charge is 2.60. The van der Waals surface area contributed by atoms with E-state index in [1.165, 1.54) is 0 Å². The molecule has 0 amide bonds. The summed E-state index contributed by atoms with van der Waals surface area (Å²) in [6.45, 7) is 3.31. The van der Waals surface area contributed by atoms with Gasteiger partial charge < -0.3 is 5.11 Å². The van der Waals surface area contributed by atoms with Crippen molar-refractivity contribution in [2.24, 2.45) is 11.3 Å². The molecule has 2 saturated heterocycles. The lowest BCUT2D eigenvalue weighted by atomic mass is 9.73. The fraction of sp³-hybridized carbons (Fsp3) is 0.562. The lowest BCUT2D eigenvalue weighted by molar-refractivity contribution is -0.144. The first kappa shape index (κ1) is 15.5. The van der Waals surface area contributed by atoms with Gasteiger partial charge in [0.2, 0.25) is 0 Å². The highest BCUT2D eigenvalue weighted by molar-refractivity contribution is 7.92. The SMILES string of the molecule is CC1C2(CCS1(=O)=O)CN(Cc1ccccc1)CC2C(=O)O. The number of nitrogens with zero attached hydrogens (tertiary/aromatic N) is 1. The molecule has 2 aliphatic rings. The summed E-state index contributed by atoms with van der Waals surface area (Å²) in [5, 5.41) is 9.01. The number of likely N-dealkylation sites (tertiary alicyclic amines) is 1. The van der Waals surface area contributed by atoms with Gasteiger partial charge in [-0.1, -0.05) is 30.3 Å². The van der Waals surface area contributed by atoms with E-state index in [1.807, 2.05) is 30.3 Å². The molecule has 0 aromatic heterocycles. The molecule has 1 N–H and O–H groups in total. The first-order valence-electron chi connectivity index (χ1n) is 7.56. The Hall–Kier alpha value is -1.40. The maximum Gasteiger partial charge on any atom is 0.308 e. The molecule has 2 aliphatic heterocycles. The number of carboxylic acids is 1. The van der Waals surface area contributed by atoms with Gasteiger partial charge in [-0.25, -0.2) is 8.42 Å². The highest BCUT2D eigenvalue weighted by Crippen LogP contribution is 2.49. The quantitative estimate of drug-likeness (QED) is 0.910. The topological polar surface area (TPSA) is 74.7 Å². The molecule has 0 radical (unpaired) electrons. The van der Waals surface area contributed by atoms with Gasteiger partial charge in [0.05, 0.1) is 16.9 Å². The maximum atomic E-state index is 12.1. The fourth-order valence-electron chi connectivity index (χ4n) is 4.05. The smallest absolute Gasteiger partial charge is 0.308 e. The molecule has 1 spiro atoms. The maximum absolute atomic E-state index is 12.1. The Morgan fingerprint density at radius 2 is 2.05 bits per heavy atom. The van der Waals surface area contributed by atoms with Crippen LogP contribution >= 0.6 is 0 Å². The van der Waals surface area contributed by atoms with Gasteiger partial charge in [0.25, 0.3) is 0 Å². The van der Waals surface area contributed by atoms with Gasteiger partial charge in [0.15, 0.2) is 9.84 Å². The molecular formula is C16H21NO4S. The summed E-state index contributed by atoms with van der Waals surface area (Å²) >= 11 is 0. The van der Waals surface area contributed by atoms with Crippen molar-refractivity contribution in [1.29, 1.82) is 0 Å². The Balaban J connectivity index is 1.86. The van der Waals surface area contributed by atoms with Crippen LogP contribution in [0.15, 0.2) is 30.3 Å². The third kappa shape index (κ3) is 2.44. The molecule has 3 rings (SSSR count). The van der Waals surface area contributed by atoms with Gasteiger partial charge in [-0.05, 0) is 18.9 Å². The highest BCUT2D eigenvalue weighted by atomic mass is 32.2. The van der Waals surface area contributed by atoms with E-state index in [1.54, 1.807) is 6.92 Å². The number of sulfone groups is 1. The number of hydrogen-bond donors (Lipinski definition) is 1. The van der Waals surface area contributed by atoms with Crippen LogP contribution in [-0.2, 0) is 21.2 Å². The lowest BCUT2D eigenvalue weighted by Crippen LogP contribution is -2.41. The Morgan fingerprint density at radius 1 is 1.36 bits per heavy atom. The van der Waals surface area contributed by atoms with Crippen molar-refractivity contribution in [3.05, 3.63) is 35.9 Å². The van der Waals surface area contributed by atoms with Crippen molar-refractivity contribution < 1.29 is 18.3 Å². The number of benzene rings is 1. The molecule has 120 valence electrons. The summed E-state index contributed by atoms with van der Waals surface area (Å²) in [6.07, 6.45) is 0.457. The predicted octanol–water partition coefficient (Wildman–Crippen LogP) is 1.40. The number of carboxylic acid groups (broad SMARTS) is 1. The number of hydrogen-bond acceptors (Lipinski definition) is 4. The van der Waals surface area contributed by atoms with Crippen LogP contribution in [0.4, 0.5) is 0 Å². The average molecular weight is 323 g/mol. The minimum absolute atomic E-state index is 0.108. The van der Waals surface area contributed by atoms with Crippen molar-refractivity contribution in [3.8, 4) is 0 Å². The molecular weight excluding hydrogens is 302 g/mol. The first-order chi connectivity index (χ1) is 10.3. The molecule has 2 heterocycles. The second-order valence-electron chi connectivity index (χ2n) is 6.54. The first-order valence-corrected chi connectivity index (χ1v) is 9.27. The van der Waals surface area contributed by atoms with Gasteiger partial charge in [0.1, 0.15) is 0 Å². The Morgan fingerprint density at radius 3 is 2.59 bits per heavy atom. The molecule has 0 saturated carbocycles. The zero-order chi connectivity index (χ0) is 16.0. The third-order valence-electron chi connectivity index (χ3n) is 5.40. The van der Waals surface area contributed by atoms with Crippen LogP contribution in [0, 0.1) is 11.3 Å². The van der Waals surface area contributed by atoms with E-state index < -0.39 is 32.4 Å². The number of carbonyl (C=O) groups is 1. The van der Waals surface area contributed by atoms with Gasteiger partial charge in [0, 0.05) is 25.0 Å². The van der Waals surface area contributed by atoms with Crippen LogP contribution in [-0.4, -0.2) is 48.5 Å². The second-order valence-corrected chi connectivity index (χ2v) is 8.98. The van der Waals surface area contributed by atoms with Crippen LogP contribution in [0.3, 0.4) is 0 Å². The van der Waals surface area contributed by atoms with Gasteiger partial charge in [-0.15, -0.1) is 0 Å². The van der Waals surface area contributed by atoms with E-state index in [0.29, 0.717) is 26.1 Å². The van der Waals surface area contributed by atoms with Crippen LogP contribution in [0.25, 0.3) is 0 Å². The van der Waals surface area contributed by atoms with E-state index in [2.05, 4.69) is 4.90 Å². The molecule has 2 fully saturated rings. The minimum Gasteiger partial charge on any atom is -0.481 e. The van der Waals surface area contributed by atoms with Crippen LogP contribution in [0.1, 0.15) is 18.9 Å². The van der Waals surface area contributed by atoms with E-state index in [4.69, 9.17) is 0 Å². The normalized spacial score (nSPS) is 34.2. The van der Waals surface area contributed by atoms with E-state index >= 15 is 0 Å². The number of rotatable bonds is 3. The van der Waals surface area contributed by atoms with E-state index in [9.17, 15) is 18.3 Å². The molecule has 1 aromatic carbocycles. The molecule has 1 aromatic rings. The van der Waals surface area contributed by atoms with Crippen LogP contribution in [0.2, 0.25) is 0 Å². The second kappa shape index (κ2) is 5.35. The van der Waals surface area contributed by atoms with Crippen molar-refractivity contribution in [3.63, 3.8) is 0 Å². The third-order valence-corrected chi connectivity index (χ3v) is 7.72. The summed E-state index contributed by atoms with van der Waals surface area (Å²) in [5.74, 6) is -1.38. The van der Waals surface area contributed by atoms with Crippen LogP contribution in [0.5, 0.6) is 0 Å². The Kier molecular flexibility index (Phi) is 3.77. The molecule has 5 nitrogen and oxygen atoms in total. The van der Waals surface area contributed by atoms with E-state index in [-0.39, 0.29) is 5.75 Å². The average Bonchev–Trinajstić information content (AvgIpc) is 2.95. The minimum atomic E-state index is -3.17. The zero-order valence-electron chi connectivity index (χ0n) is 12.6. The van der Waals surface area contributed by atoms with E-state index in [0.717, 1.165) is 5.56 Å². The van der Waals surface area contributed by atoms with Crippen molar-refractivity contribution >= 4 is 15.8 Å². The predicted molar refractivity (Wildman–Crippen MR) is 83.1 cm³/mol. The number of aliphatic carboxylic acids is 1.